The van der Waals surface area contributed by atoms with Crippen LogP contribution in [0.2, 0.25) is 0 Å². The summed E-state index contributed by atoms with van der Waals surface area (Å²) in [5.74, 6) is -2.11. The van der Waals surface area contributed by atoms with Gasteiger partial charge in [0.1, 0.15) is 24.1 Å². The van der Waals surface area contributed by atoms with Gasteiger partial charge in [0.15, 0.2) is 0 Å². The smallest absolute Gasteiger partial charge is 0.459 e. The fraction of sp³-hybridized carbons (Fsp3) is 0.450. The quantitative estimate of drug-likeness (QED) is 0.156. The van der Waals surface area contributed by atoms with Crippen molar-refractivity contribution in [3.8, 4) is 5.75 Å². The molecule has 3 rings (SSSR count). The molecule has 0 bridgehead atoms. The molecule has 2 heterocycles. The van der Waals surface area contributed by atoms with Gasteiger partial charge < -0.3 is 19.1 Å². The van der Waals surface area contributed by atoms with Gasteiger partial charge in [0.25, 0.3) is 11.2 Å². The van der Waals surface area contributed by atoms with Gasteiger partial charge in [-0.3, -0.25) is 33.8 Å². The second kappa shape index (κ2) is 11.7. The minimum absolute atomic E-state index is 0.0490. The maximum atomic E-state index is 13.6. The maximum Gasteiger partial charge on any atom is 0.459 e. The number of carbonyl (C=O) groups is 1. The lowest BCUT2D eigenvalue weighted by Crippen LogP contribution is -2.36. The number of esters is 1. The zero-order valence-corrected chi connectivity index (χ0v) is 20.5. The molecular weight excluding hydrogens is 522 g/mol. The van der Waals surface area contributed by atoms with Crippen LogP contribution in [-0.4, -0.2) is 57.0 Å². The Balaban J connectivity index is 1.76. The van der Waals surface area contributed by atoms with Crippen molar-refractivity contribution in [1.29, 1.82) is 0 Å². The second-order valence-electron chi connectivity index (χ2n) is 7.81. The number of rotatable bonds is 11. The van der Waals surface area contributed by atoms with Crippen LogP contribution in [-0.2, 0) is 23.4 Å². The largest absolute Gasteiger partial charge is 0.465 e. The van der Waals surface area contributed by atoms with Gasteiger partial charge in [-0.15, -0.1) is 0 Å². The number of hydrogen-bond donors (Lipinski definition) is 3. The number of hydrogen-bond acceptors (Lipinski definition) is 11. The molecule has 15 nitrogen and oxygen atoms in total. The average molecular weight is 546 g/mol. The van der Waals surface area contributed by atoms with Crippen molar-refractivity contribution < 1.29 is 42.3 Å². The van der Waals surface area contributed by atoms with Crippen molar-refractivity contribution >= 4 is 19.4 Å². The number of halogens is 1. The molecule has 17 heteroatoms. The molecule has 0 saturated carbocycles. The van der Waals surface area contributed by atoms with Gasteiger partial charge in [0, 0.05) is 18.6 Å². The zero-order valence-electron chi connectivity index (χ0n) is 19.6. The van der Waals surface area contributed by atoms with Gasteiger partial charge >= 0.3 is 19.4 Å². The Labute approximate surface area is 207 Å². The van der Waals surface area contributed by atoms with Crippen LogP contribution in [0.4, 0.5) is 10.1 Å². The van der Waals surface area contributed by atoms with Crippen LogP contribution in [0, 0.1) is 15.9 Å². The van der Waals surface area contributed by atoms with Crippen LogP contribution in [0.25, 0.3) is 0 Å². The van der Waals surface area contributed by atoms with Crippen LogP contribution in [0.5, 0.6) is 5.75 Å². The molecule has 2 aromatic rings. The number of nitrogens with one attached hydrogen (secondary N) is 2. The summed E-state index contributed by atoms with van der Waals surface area (Å²) in [6.07, 6.45) is -3.18. The first-order valence-corrected chi connectivity index (χ1v) is 12.4. The number of nitro groups is 1. The molecule has 0 amide bonds. The van der Waals surface area contributed by atoms with E-state index in [1.165, 1.54) is 19.1 Å². The number of nitro benzene ring substituents is 1. The van der Waals surface area contributed by atoms with Crippen LogP contribution in [0.3, 0.4) is 0 Å². The number of benzene rings is 1. The predicted octanol–water partition coefficient (Wildman–Crippen LogP) is 0.977. The molecule has 1 fully saturated rings. The highest BCUT2D eigenvalue weighted by molar-refractivity contribution is 7.52. The van der Waals surface area contributed by atoms with E-state index in [1.807, 2.05) is 0 Å². The number of H-pyrrole nitrogens is 1. The Morgan fingerprint density at radius 2 is 2.08 bits per heavy atom. The van der Waals surface area contributed by atoms with Gasteiger partial charge in [-0.05, 0) is 26.0 Å². The standard InChI is InChI=1S/C20H24FN4O11P/c1-3-33-19(28)11(2)23-37(32,36-13-6-4-12(5-7-13)25(30)31)34-10-16-15(26)8-17(35-16)24-9-14(21)18(27)22-20(24)29/h4-7,9,11,15-17,26H,3,8,10H2,1-2H3,(H,23,32)(H,22,27,29)/t11-,15+,16?,17+,37?/m0/s1. The molecule has 202 valence electrons. The molecule has 5 atom stereocenters. The number of aliphatic hydroxyl groups excluding tert-OH is 1. The van der Waals surface area contributed by atoms with E-state index in [2.05, 4.69) is 5.09 Å². The van der Waals surface area contributed by atoms with E-state index in [-0.39, 0.29) is 24.5 Å². The van der Waals surface area contributed by atoms with E-state index < -0.39 is 66.8 Å². The summed E-state index contributed by atoms with van der Waals surface area (Å²) in [5.41, 5.74) is -2.44. The summed E-state index contributed by atoms with van der Waals surface area (Å²) in [6, 6.07) is 3.36. The zero-order chi connectivity index (χ0) is 27.3. The summed E-state index contributed by atoms with van der Waals surface area (Å²) >= 11 is 0. The van der Waals surface area contributed by atoms with E-state index in [4.69, 9.17) is 18.5 Å². The van der Waals surface area contributed by atoms with Crippen LogP contribution < -0.4 is 20.9 Å². The molecule has 0 spiro atoms. The third-order valence-corrected chi connectivity index (χ3v) is 6.76. The van der Waals surface area contributed by atoms with Crippen molar-refractivity contribution in [2.75, 3.05) is 13.2 Å². The molecule has 0 aliphatic carbocycles. The number of nitrogens with zero attached hydrogens (tertiary/aromatic N) is 2. The van der Waals surface area contributed by atoms with Gasteiger partial charge in [0.2, 0.25) is 5.82 Å². The van der Waals surface area contributed by atoms with Crippen molar-refractivity contribution in [1.82, 2.24) is 14.6 Å². The highest BCUT2D eigenvalue weighted by Gasteiger charge is 2.39. The molecule has 0 radical (unpaired) electrons. The first-order chi connectivity index (χ1) is 17.4. The van der Waals surface area contributed by atoms with E-state index in [0.717, 1.165) is 16.7 Å². The Morgan fingerprint density at radius 3 is 2.70 bits per heavy atom. The molecule has 1 aromatic carbocycles. The lowest BCUT2D eigenvalue weighted by molar-refractivity contribution is -0.384. The fourth-order valence-electron chi connectivity index (χ4n) is 3.30. The number of carbonyl (C=O) groups excluding carboxylic acids is 1. The third-order valence-electron chi connectivity index (χ3n) is 5.11. The van der Waals surface area contributed by atoms with Gasteiger partial charge in [-0.25, -0.2) is 9.36 Å². The Morgan fingerprint density at radius 1 is 1.41 bits per heavy atom. The Bertz CT molecular complexity index is 1300. The Kier molecular flexibility index (Phi) is 8.94. The first kappa shape index (κ1) is 28.1. The van der Waals surface area contributed by atoms with Crippen molar-refractivity contribution in [3.63, 3.8) is 0 Å². The average Bonchev–Trinajstić information content (AvgIpc) is 3.20. The first-order valence-electron chi connectivity index (χ1n) is 10.9. The van der Waals surface area contributed by atoms with Gasteiger partial charge in [-0.2, -0.15) is 9.48 Å². The molecule has 1 aromatic heterocycles. The van der Waals surface area contributed by atoms with Crippen molar-refractivity contribution in [2.45, 2.75) is 44.7 Å². The van der Waals surface area contributed by atoms with Crippen molar-refractivity contribution in [2.24, 2.45) is 0 Å². The number of ether oxygens (including phenoxy) is 2. The molecular formula is C20H24FN4O11P. The molecule has 3 N–H and O–H groups in total. The maximum absolute atomic E-state index is 13.6. The van der Waals surface area contributed by atoms with Crippen LogP contribution in [0.1, 0.15) is 26.5 Å². The van der Waals surface area contributed by atoms with E-state index in [1.54, 1.807) is 11.9 Å². The van der Waals surface area contributed by atoms with Gasteiger partial charge in [-0.1, -0.05) is 0 Å². The van der Waals surface area contributed by atoms with Gasteiger partial charge in [0.05, 0.1) is 30.4 Å². The minimum atomic E-state index is -4.40. The van der Waals surface area contributed by atoms with E-state index in [9.17, 15) is 38.6 Å². The molecule has 2 unspecified atom stereocenters. The van der Waals surface area contributed by atoms with E-state index >= 15 is 0 Å². The number of aromatic amines is 1. The normalized spacial score (nSPS) is 21.7. The molecule has 1 aliphatic heterocycles. The topological polar surface area (TPSA) is 201 Å². The van der Waals surface area contributed by atoms with Crippen molar-refractivity contribution in [3.05, 3.63) is 67.2 Å². The minimum Gasteiger partial charge on any atom is -0.465 e. The number of non-ortho nitro benzene ring substituents is 1. The lowest BCUT2D eigenvalue weighted by Gasteiger charge is -2.24. The SMILES string of the molecule is CCOC(=O)[C@H](C)NP(=O)(OCC1O[C@@H](n2cc(F)c(=O)[nH]c2=O)C[C@H]1O)Oc1ccc([N+](=O)[O-])cc1. The second-order valence-corrected chi connectivity index (χ2v) is 9.51. The molecule has 1 aliphatic rings. The lowest BCUT2D eigenvalue weighted by atomic mass is 10.2. The Hall–Kier alpha value is -3.43. The molecule has 1 saturated heterocycles. The predicted molar refractivity (Wildman–Crippen MR) is 122 cm³/mol. The van der Waals surface area contributed by atoms with Crippen LogP contribution in [0.15, 0.2) is 40.1 Å². The summed E-state index contributed by atoms with van der Waals surface area (Å²) in [6.45, 7) is 2.38. The number of aliphatic hydroxyl groups is 1. The summed E-state index contributed by atoms with van der Waals surface area (Å²) < 4.78 is 49.1. The molecule has 37 heavy (non-hydrogen) atoms. The number of aromatic nitrogens is 2. The highest BCUT2D eigenvalue weighted by Crippen LogP contribution is 2.46. The van der Waals surface area contributed by atoms with E-state index in [0.29, 0.717) is 6.20 Å². The monoisotopic (exact) mass is 546 g/mol. The summed E-state index contributed by atoms with van der Waals surface area (Å²) in [5, 5.41) is 23.6. The summed E-state index contributed by atoms with van der Waals surface area (Å²) in [7, 11) is -4.40. The fourth-order valence-corrected chi connectivity index (χ4v) is 4.80. The summed E-state index contributed by atoms with van der Waals surface area (Å²) in [4.78, 5) is 47.3. The van der Waals surface area contributed by atoms with Crippen LogP contribution >= 0.6 is 7.75 Å². The third kappa shape index (κ3) is 7.08. The highest BCUT2D eigenvalue weighted by atomic mass is 31.2.